The van der Waals surface area contributed by atoms with E-state index < -0.39 is 17.6 Å². The van der Waals surface area contributed by atoms with Crippen LogP contribution in [-0.2, 0) is 6.18 Å². The number of alkyl halides is 3. The number of fused-ring (bicyclic) bond motifs is 1. The average Bonchev–Trinajstić information content (AvgIpc) is 3.06. The minimum Gasteiger partial charge on any atom is -0.438 e. The van der Waals surface area contributed by atoms with Gasteiger partial charge in [-0.2, -0.15) is 13.2 Å². The molecule has 2 heterocycles. The fourth-order valence-corrected chi connectivity index (χ4v) is 2.57. The number of hydrogen-bond acceptors (Lipinski definition) is 3. The number of halogens is 3. The van der Waals surface area contributed by atoms with Crippen LogP contribution in [0.2, 0.25) is 0 Å². The monoisotopic (exact) mass is 355 g/mol. The smallest absolute Gasteiger partial charge is 0.421 e. The van der Waals surface area contributed by atoms with Gasteiger partial charge in [-0.3, -0.25) is 0 Å². The highest BCUT2D eigenvalue weighted by molar-refractivity contribution is 5.79. The van der Waals surface area contributed by atoms with Crippen molar-refractivity contribution in [2.75, 3.05) is 0 Å². The van der Waals surface area contributed by atoms with Crippen molar-refractivity contribution in [2.45, 2.75) is 6.18 Å². The predicted molar refractivity (Wildman–Crippen MR) is 90.8 cm³/mol. The summed E-state index contributed by atoms with van der Waals surface area (Å²) in [7, 11) is 0. The molecule has 0 fully saturated rings. The van der Waals surface area contributed by atoms with Crippen molar-refractivity contribution in [2.24, 2.45) is 0 Å². The van der Waals surface area contributed by atoms with Crippen molar-refractivity contribution in [3.8, 4) is 23.0 Å². The number of nitrogens with one attached hydrogen (secondary N) is 1. The minimum absolute atomic E-state index is 0.258. The summed E-state index contributed by atoms with van der Waals surface area (Å²) in [6.07, 6.45) is -3.27. The van der Waals surface area contributed by atoms with Gasteiger partial charge >= 0.3 is 6.18 Å². The lowest BCUT2D eigenvalue weighted by molar-refractivity contribution is -0.138. The van der Waals surface area contributed by atoms with Gasteiger partial charge in [0, 0.05) is 11.8 Å². The molecule has 26 heavy (non-hydrogen) atoms. The number of hydrogen-bond donors (Lipinski definition) is 1. The van der Waals surface area contributed by atoms with E-state index >= 15 is 0 Å². The summed E-state index contributed by atoms with van der Waals surface area (Å²) in [5.74, 6) is 0.456. The molecule has 7 heteroatoms. The molecule has 0 aliphatic carbocycles. The van der Waals surface area contributed by atoms with E-state index in [1.54, 1.807) is 24.3 Å². The molecule has 130 valence electrons. The van der Waals surface area contributed by atoms with Crippen LogP contribution in [0.15, 0.2) is 66.9 Å². The third kappa shape index (κ3) is 3.11. The third-order valence-electron chi connectivity index (χ3n) is 3.81. The Hall–Kier alpha value is -3.35. The molecular formula is C19H12F3N3O. The molecule has 2 aromatic carbocycles. The van der Waals surface area contributed by atoms with Crippen LogP contribution < -0.4 is 4.74 Å². The number of imidazole rings is 1. The first-order valence-corrected chi connectivity index (χ1v) is 7.76. The van der Waals surface area contributed by atoms with Gasteiger partial charge in [-0.1, -0.05) is 12.1 Å². The standard InChI is InChI=1S/C19H12F3N3O/c20-19(21,22)14-4-3-11-23-18(14)26-13-9-7-12(8-10-13)17-24-15-5-1-2-6-16(15)25-17/h1-11H,(H,24,25). The Morgan fingerprint density at radius 3 is 2.38 bits per heavy atom. The molecule has 2 aromatic heterocycles. The fraction of sp³-hybridized carbons (Fsp3) is 0.0526. The quantitative estimate of drug-likeness (QED) is 0.533. The maximum Gasteiger partial charge on any atom is 0.421 e. The lowest BCUT2D eigenvalue weighted by Gasteiger charge is -2.12. The second-order valence-corrected chi connectivity index (χ2v) is 5.58. The van der Waals surface area contributed by atoms with E-state index in [1.807, 2.05) is 24.3 Å². The Kier molecular flexibility index (Phi) is 3.84. The van der Waals surface area contributed by atoms with Crippen LogP contribution in [0.5, 0.6) is 11.6 Å². The summed E-state index contributed by atoms with van der Waals surface area (Å²) in [5.41, 5.74) is 1.63. The molecule has 0 unspecified atom stereocenters. The van der Waals surface area contributed by atoms with Crippen LogP contribution in [0, 0.1) is 0 Å². The van der Waals surface area contributed by atoms with E-state index in [9.17, 15) is 13.2 Å². The zero-order valence-electron chi connectivity index (χ0n) is 13.3. The van der Waals surface area contributed by atoms with E-state index in [0.29, 0.717) is 5.82 Å². The highest BCUT2D eigenvalue weighted by Gasteiger charge is 2.35. The third-order valence-corrected chi connectivity index (χ3v) is 3.81. The maximum absolute atomic E-state index is 13.0. The number of ether oxygens (including phenoxy) is 1. The second-order valence-electron chi connectivity index (χ2n) is 5.58. The van der Waals surface area contributed by atoms with Gasteiger partial charge in [0.25, 0.3) is 0 Å². The first-order valence-electron chi connectivity index (χ1n) is 7.76. The first kappa shape index (κ1) is 16.1. The molecule has 0 atom stereocenters. The molecule has 4 aromatic rings. The average molecular weight is 355 g/mol. The lowest BCUT2D eigenvalue weighted by atomic mass is 10.2. The van der Waals surface area contributed by atoms with Crippen molar-refractivity contribution in [3.05, 3.63) is 72.4 Å². The van der Waals surface area contributed by atoms with Crippen LogP contribution in [-0.4, -0.2) is 15.0 Å². The van der Waals surface area contributed by atoms with Crippen LogP contribution >= 0.6 is 0 Å². The Morgan fingerprint density at radius 1 is 0.885 bits per heavy atom. The SMILES string of the molecule is FC(F)(F)c1cccnc1Oc1ccc(-c2nc3ccccc3[nH]2)cc1. The first-order chi connectivity index (χ1) is 12.5. The molecule has 0 aliphatic rings. The number of aromatic amines is 1. The van der Waals surface area contributed by atoms with Crippen LogP contribution in [0.3, 0.4) is 0 Å². The highest BCUT2D eigenvalue weighted by Crippen LogP contribution is 2.36. The van der Waals surface area contributed by atoms with E-state index in [1.165, 1.54) is 12.3 Å². The predicted octanol–water partition coefficient (Wildman–Crippen LogP) is 5.44. The normalized spacial score (nSPS) is 11.7. The molecule has 4 nitrogen and oxygen atoms in total. The Morgan fingerprint density at radius 2 is 1.65 bits per heavy atom. The molecule has 0 spiro atoms. The topological polar surface area (TPSA) is 50.8 Å². The largest absolute Gasteiger partial charge is 0.438 e. The Bertz CT molecular complexity index is 1020. The Balaban J connectivity index is 1.61. The number of para-hydroxylation sites is 2. The van der Waals surface area contributed by atoms with Crippen molar-refractivity contribution < 1.29 is 17.9 Å². The Labute approximate surface area is 146 Å². The molecule has 0 bridgehead atoms. The van der Waals surface area contributed by atoms with Gasteiger partial charge < -0.3 is 9.72 Å². The number of H-pyrrole nitrogens is 1. The summed E-state index contributed by atoms with van der Waals surface area (Å²) in [5, 5.41) is 0. The molecule has 0 saturated heterocycles. The number of aromatic nitrogens is 3. The van der Waals surface area contributed by atoms with E-state index in [0.717, 1.165) is 22.7 Å². The summed E-state index contributed by atoms with van der Waals surface area (Å²) >= 11 is 0. The van der Waals surface area contributed by atoms with Gasteiger partial charge in [0.2, 0.25) is 5.88 Å². The molecule has 1 N–H and O–H groups in total. The van der Waals surface area contributed by atoms with E-state index in [-0.39, 0.29) is 5.75 Å². The van der Waals surface area contributed by atoms with Gasteiger partial charge in [-0.05, 0) is 48.5 Å². The van der Waals surface area contributed by atoms with E-state index in [4.69, 9.17) is 4.74 Å². The summed E-state index contributed by atoms with van der Waals surface area (Å²) in [6, 6.07) is 16.4. The molecule has 0 amide bonds. The minimum atomic E-state index is -4.53. The van der Waals surface area contributed by atoms with Crippen molar-refractivity contribution >= 4 is 11.0 Å². The number of nitrogens with zero attached hydrogens (tertiary/aromatic N) is 2. The molecule has 0 aliphatic heterocycles. The lowest BCUT2D eigenvalue weighted by Crippen LogP contribution is -2.08. The zero-order valence-corrected chi connectivity index (χ0v) is 13.3. The number of benzene rings is 2. The zero-order chi connectivity index (χ0) is 18.1. The van der Waals surface area contributed by atoms with Crippen molar-refractivity contribution in [3.63, 3.8) is 0 Å². The van der Waals surface area contributed by atoms with Gasteiger partial charge in [0.05, 0.1) is 11.0 Å². The van der Waals surface area contributed by atoms with Gasteiger partial charge in [0.1, 0.15) is 17.1 Å². The summed E-state index contributed by atoms with van der Waals surface area (Å²) in [4.78, 5) is 11.4. The van der Waals surface area contributed by atoms with Gasteiger partial charge in [0.15, 0.2) is 0 Å². The molecule has 0 radical (unpaired) electrons. The summed E-state index contributed by atoms with van der Waals surface area (Å²) in [6.45, 7) is 0. The van der Waals surface area contributed by atoms with Gasteiger partial charge in [-0.25, -0.2) is 9.97 Å². The molecule has 4 rings (SSSR count). The van der Waals surface area contributed by atoms with Crippen LogP contribution in [0.1, 0.15) is 5.56 Å². The maximum atomic E-state index is 13.0. The number of pyridine rings is 1. The van der Waals surface area contributed by atoms with E-state index in [2.05, 4.69) is 15.0 Å². The molecule has 0 saturated carbocycles. The van der Waals surface area contributed by atoms with Crippen molar-refractivity contribution in [1.82, 2.24) is 15.0 Å². The highest BCUT2D eigenvalue weighted by atomic mass is 19.4. The van der Waals surface area contributed by atoms with Crippen LogP contribution in [0.25, 0.3) is 22.4 Å². The fourth-order valence-electron chi connectivity index (χ4n) is 2.57. The van der Waals surface area contributed by atoms with Crippen LogP contribution in [0.4, 0.5) is 13.2 Å². The number of rotatable bonds is 3. The van der Waals surface area contributed by atoms with Crippen molar-refractivity contribution in [1.29, 1.82) is 0 Å². The van der Waals surface area contributed by atoms with Gasteiger partial charge in [-0.15, -0.1) is 0 Å². The second kappa shape index (κ2) is 6.18. The molecular weight excluding hydrogens is 343 g/mol. The summed E-state index contributed by atoms with van der Waals surface area (Å²) < 4.78 is 44.3.